The zero-order valence-corrected chi connectivity index (χ0v) is 6.99. The third-order valence-corrected chi connectivity index (χ3v) is 2.09. The molecule has 5 heteroatoms. The Balaban J connectivity index is 2.26. The monoisotopic (exact) mass is 182 g/mol. The molecule has 1 rings (SSSR count). The second-order valence-corrected chi connectivity index (χ2v) is 3.22. The van der Waals surface area contributed by atoms with E-state index in [1.54, 1.807) is 5.32 Å². The third-order valence-electron chi connectivity index (χ3n) is 2.09. The number of halogens is 3. The van der Waals surface area contributed by atoms with E-state index in [4.69, 9.17) is 0 Å². The van der Waals surface area contributed by atoms with E-state index in [0.29, 0.717) is 12.8 Å². The summed E-state index contributed by atoms with van der Waals surface area (Å²) >= 11 is 0. The van der Waals surface area contributed by atoms with Crippen LogP contribution in [-0.2, 0) is 0 Å². The number of hydrogen-bond acceptors (Lipinski definition) is 2. The minimum atomic E-state index is -4.22. The second-order valence-electron chi connectivity index (χ2n) is 3.22. The van der Waals surface area contributed by atoms with Gasteiger partial charge in [-0.25, -0.2) is 5.32 Å². The Kier molecular flexibility index (Phi) is 2.95. The smallest absolute Gasteiger partial charge is 0.306 e. The highest BCUT2D eigenvalue weighted by Crippen LogP contribution is 2.16. The van der Waals surface area contributed by atoms with Crippen molar-refractivity contribution in [1.82, 2.24) is 10.2 Å². The highest BCUT2D eigenvalue weighted by atomic mass is 19.4. The molecule has 0 aliphatic carbocycles. The van der Waals surface area contributed by atoms with Crippen LogP contribution in [0.5, 0.6) is 0 Å². The molecule has 0 aromatic rings. The predicted molar refractivity (Wildman–Crippen MR) is 39.7 cm³/mol. The highest BCUT2D eigenvalue weighted by molar-refractivity contribution is 4.75. The average molecular weight is 182 g/mol. The summed E-state index contributed by atoms with van der Waals surface area (Å²) in [6.07, 6.45) is -3.06. The van der Waals surface area contributed by atoms with E-state index in [0.717, 1.165) is 13.1 Å². The molecule has 0 saturated carbocycles. The Morgan fingerprint density at radius 1 is 1.25 bits per heavy atom. The van der Waals surface area contributed by atoms with Crippen molar-refractivity contribution < 1.29 is 13.2 Å². The lowest BCUT2D eigenvalue weighted by Crippen LogP contribution is -2.46. The first-order chi connectivity index (χ1) is 5.47. The van der Waals surface area contributed by atoms with E-state index in [-0.39, 0.29) is 6.04 Å². The van der Waals surface area contributed by atoms with Crippen molar-refractivity contribution in [1.29, 1.82) is 0 Å². The summed E-state index contributed by atoms with van der Waals surface area (Å²) in [6, 6.07) is -0.388. The quantitative estimate of drug-likeness (QED) is 0.613. The number of nitrogens with zero attached hydrogens (tertiary/aromatic N) is 1. The predicted octanol–water partition coefficient (Wildman–Crippen LogP) is 1.19. The average Bonchev–Trinajstić information content (AvgIpc) is 1.91. The summed E-state index contributed by atoms with van der Waals surface area (Å²) in [5, 5.41) is 1.65. The van der Waals surface area contributed by atoms with Crippen LogP contribution < -0.4 is 5.32 Å². The highest BCUT2D eigenvalue weighted by Gasteiger charge is 2.31. The molecule has 0 spiro atoms. The van der Waals surface area contributed by atoms with E-state index in [1.165, 1.54) is 0 Å². The lowest BCUT2D eigenvalue weighted by Gasteiger charge is -2.30. The van der Waals surface area contributed by atoms with Crippen LogP contribution >= 0.6 is 0 Å². The number of hydrogen-bond donors (Lipinski definition) is 1. The van der Waals surface area contributed by atoms with E-state index in [1.807, 2.05) is 11.9 Å². The van der Waals surface area contributed by atoms with Gasteiger partial charge in [0.05, 0.1) is 0 Å². The first kappa shape index (κ1) is 9.80. The van der Waals surface area contributed by atoms with Crippen LogP contribution in [0.25, 0.3) is 0 Å². The first-order valence-electron chi connectivity index (χ1n) is 4.00. The summed E-state index contributed by atoms with van der Waals surface area (Å²) in [5.41, 5.74) is 0. The van der Waals surface area contributed by atoms with Crippen molar-refractivity contribution in [2.24, 2.45) is 0 Å². The maximum atomic E-state index is 11.8. The van der Waals surface area contributed by atoms with Gasteiger partial charge in [-0.15, -0.1) is 0 Å². The molecule has 1 N–H and O–H groups in total. The maximum Gasteiger partial charge on any atom is 0.457 e. The maximum absolute atomic E-state index is 11.8. The molecule has 2 nitrogen and oxygen atoms in total. The van der Waals surface area contributed by atoms with Gasteiger partial charge < -0.3 is 4.90 Å². The number of piperidine rings is 1. The Hall–Kier alpha value is -0.290. The van der Waals surface area contributed by atoms with Crippen molar-refractivity contribution in [3.05, 3.63) is 0 Å². The van der Waals surface area contributed by atoms with E-state index >= 15 is 0 Å². The van der Waals surface area contributed by atoms with Gasteiger partial charge >= 0.3 is 6.30 Å². The van der Waals surface area contributed by atoms with Gasteiger partial charge in [-0.2, -0.15) is 13.2 Å². The molecule has 1 heterocycles. The molecule has 0 amide bonds. The van der Waals surface area contributed by atoms with Crippen LogP contribution in [0.2, 0.25) is 0 Å². The molecule has 72 valence electrons. The number of nitrogens with one attached hydrogen (secondary N) is 1. The summed E-state index contributed by atoms with van der Waals surface area (Å²) in [4.78, 5) is 2.04. The number of alkyl halides is 3. The third kappa shape index (κ3) is 3.40. The molecule has 1 fully saturated rings. The molecule has 0 aromatic heterocycles. The van der Waals surface area contributed by atoms with Gasteiger partial charge in [0.2, 0.25) is 0 Å². The molecule has 0 bridgehead atoms. The van der Waals surface area contributed by atoms with E-state index in [2.05, 4.69) is 0 Å². The normalized spacial score (nSPS) is 23.0. The van der Waals surface area contributed by atoms with Gasteiger partial charge in [0.15, 0.2) is 0 Å². The molecule has 0 unspecified atom stereocenters. The molecule has 12 heavy (non-hydrogen) atoms. The summed E-state index contributed by atoms with van der Waals surface area (Å²) in [5.74, 6) is 0. The standard InChI is InChI=1S/C7H13F3N2/c1-12-4-2-6(3-5-12)11-7(8,9)10/h6,11H,2-5H2,1H3. The Bertz CT molecular complexity index is 138. The van der Waals surface area contributed by atoms with Crippen LogP contribution in [0, 0.1) is 0 Å². The summed E-state index contributed by atoms with van der Waals surface area (Å²) in [6.45, 7) is 1.49. The van der Waals surface area contributed by atoms with Gasteiger partial charge in [-0.05, 0) is 33.0 Å². The van der Waals surface area contributed by atoms with E-state index in [9.17, 15) is 13.2 Å². The Morgan fingerprint density at radius 2 is 1.75 bits per heavy atom. The minimum Gasteiger partial charge on any atom is -0.306 e. The number of rotatable bonds is 1. The Labute approximate surface area is 69.7 Å². The fraction of sp³-hybridized carbons (Fsp3) is 1.00. The minimum absolute atomic E-state index is 0.388. The zero-order valence-electron chi connectivity index (χ0n) is 6.99. The second kappa shape index (κ2) is 3.62. The topological polar surface area (TPSA) is 15.3 Å². The van der Waals surface area contributed by atoms with Gasteiger partial charge in [0.25, 0.3) is 0 Å². The molecule has 1 aliphatic rings. The lowest BCUT2D eigenvalue weighted by molar-refractivity contribution is -0.166. The SMILES string of the molecule is CN1CCC(NC(F)(F)F)CC1. The zero-order chi connectivity index (χ0) is 9.19. The molecule has 1 aliphatic heterocycles. The summed E-state index contributed by atoms with van der Waals surface area (Å²) < 4.78 is 35.4. The van der Waals surface area contributed by atoms with Gasteiger partial charge in [-0.3, -0.25) is 0 Å². The van der Waals surface area contributed by atoms with Gasteiger partial charge in [0, 0.05) is 6.04 Å². The molecular weight excluding hydrogens is 169 g/mol. The molecule has 0 radical (unpaired) electrons. The largest absolute Gasteiger partial charge is 0.457 e. The van der Waals surface area contributed by atoms with Gasteiger partial charge in [-0.1, -0.05) is 0 Å². The van der Waals surface area contributed by atoms with Crippen LogP contribution in [-0.4, -0.2) is 37.4 Å². The molecule has 0 aromatic carbocycles. The van der Waals surface area contributed by atoms with Crippen LogP contribution in [0.4, 0.5) is 13.2 Å². The lowest BCUT2D eigenvalue weighted by atomic mass is 10.1. The molecular formula is C7H13F3N2. The van der Waals surface area contributed by atoms with Crippen LogP contribution in [0.1, 0.15) is 12.8 Å². The number of likely N-dealkylation sites (tertiary alicyclic amines) is 1. The summed E-state index contributed by atoms with van der Waals surface area (Å²) in [7, 11) is 1.92. The van der Waals surface area contributed by atoms with Crippen molar-refractivity contribution in [3.63, 3.8) is 0 Å². The van der Waals surface area contributed by atoms with E-state index < -0.39 is 6.30 Å². The van der Waals surface area contributed by atoms with Crippen LogP contribution in [0.15, 0.2) is 0 Å². The molecule has 1 saturated heterocycles. The first-order valence-corrected chi connectivity index (χ1v) is 4.00. The van der Waals surface area contributed by atoms with Crippen LogP contribution in [0.3, 0.4) is 0 Å². The van der Waals surface area contributed by atoms with Crippen molar-refractivity contribution in [2.75, 3.05) is 20.1 Å². The van der Waals surface area contributed by atoms with Crippen molar-refractivity contribution in [3.8, 4) is 0 Å². The molecule has 0 atom stereocenters. The Morgan fingerprint density at radius 3 is 2.17 bits per heavy atom. The fourth-order valence-corrected chi connectivity index (χ4v) is 1.38. The van der Waals surface area contributed by atoms with Crippen molar-refractivity contribution in [2.45, 2.75) is 25.2 Å². The van der Waals surface area contributed by atoms with Gasteiger partial charge in [0.1, 0.15) is 0 Å². The fourth-order valence-electron chi connectivity index (χ4n) is 1.38. The van der Waals surface area contributed by atoms with Crippen molar-refractivity contribution >= 4 is 0 Å².